The SMILES string of the molecule is [2H]c1cccc([2H])c1N(c1ccc2c(c1)C(c1ccccc1)(c1ccccc1)c1ccccc1-2)c1ccc2c(c1)C(c1ccccc1)(c1ccccc1)c1ccccc1-2. The molecule has 0 aliphatic heterocycles. The summed E-state index contributed by atoms with van der Waals surface area (Å²) >= 11 is 0. The molecule has 0 saturated heterocycles. The molecule has 0 unspecified atom stereocenters. The minimum absolute atomic E-state index is 0.292. The number of hydrogen-bond acceptors (Lipinski definition) is 1. The van der Waals surface area contributed by atoms with Crippen molar-refractivity contribution in [2.75, 3.05) is 4.90 Å². The van der Waals surface area contributed by atoms with Crippen LogP contribution in [0.3, 0.4) is 0 Å². The first kappa shape index (κ1) is 31.0. The van der Waals surface area contributed by atoms with Crippen molar-refractivity contribution in [1.29, 1.82) is 0 Å². The number of benzene rings is 9. The Hall–Kier alpha value is -7.22. The van der Waals surface area contributed by atoms with E-state index in [0.717, 1.165) is 11.4 Å². The van der Waals surface area contributed by atoms with Gasteiger partial charge in [-0.25, -0.2) is 0 Å². The number of nitrogens with zero attached hydrogens (tertiary/aromatic N) is 1. The van der Waals surface area contributed by atoms with Gasteiger partial charge in [-0.1, -0.05) is 200 Å². The summed E-state index contributed by atoms with van der Waals surface area (Å²) in [4.78, 5) is 2.15. The molecule has 0 atom stereocenters. The normalized spacial score (nSPS) is 14.4. The molecule has 0 heterocycles. The largest absolute Gasteiger partial charge is 0.310 e. The Morgan fingerprint density at radius 3 is 0.982 bits per heavy atom. The fourth-order valence-electron chi connectivity index (χ4n) is 10.0. The summed E-state index contributed by atoms with van der Waals surface area (Å²) in [6, 6.07) is 80.4. The third-order valence-electron chi connectivity index (χ3n) is 12.3. The second-order valence-electron chi connectivity index (χ2n) is 15.0. The third kappa shape index (κ3) is 4.82. The maximum atomic E-state index is 9.39. The summed E-state index contributed by atoms with van der Waals surface area (Å²) < 4.78 is 18.8. The Kier molecular flexibility index (Phi) is 7.20. The first-order chi connectivity index (χ1) is 29.1. The molecular formula is C56H39N. The number of rotatable bonds is 7. The van der Waals surface area contributed by atoms with Crippen molar-refractivity contribution in [1.82, 2.24) is 0 Å². The van der Waals surface area contributed by atoms with Crippen molar-refractivity contribution in [3.05, 3.63) is 281 Å². The lowest BCUT2D eigenvalue weighted by molar-refractivity contribution is 0.767. The molecule has 1 nitrogen and oxygen atoms in total. The molecule has 0 saturated carbocycles. The van der Waals surface area contributed by atoms with Gasteiger partial charge >= 0.3 is 0 Å². The summed E-state index contributed by atoms with van der Waals surface area (Å²) in [5.74, 6) is 0. The highest BCUT2D eigenvalue weighted by Crippen LogP contribution is 2.59. The van der Waals surface area contributed by atoms with Gasteiger partial charge in [0, 0.05) is 17.1 Å². The van der Waals surface area contributed by atoms with Gasteiger partial charge in [0.05, 0.1) is 13.6 Å². The fraction of sp³-hybridized carbons (Fsp3) is 0.0357. The Balaban J connectivity index is 1.21. The molecule has 57 heavy (non-hydrogen) atoms. The van der Waals surface area contributed by atoms with E-state index in [1.54, 1.807) is 18.2 Å². The van der Waals surface area contributed by atoms with Crippen molar-refractivity contribution in [3.8, 4) is 22.3 Å². The zero-order valence-electron chi connectivity index (χ0n) is 33.3. The summed E-state index contributed by atoms with van der Waals surface area (Å²) in [7, 11) is 0. The standard InChI is InChI=1S/C56H39N/c1-6-20-40(21-7-1)55(41-22-8-2-9-23-41)51-32-18-16-30-47(51)49-36-34-45(38-53(49)55)57(44-28-14-5-15-29-44)46-35-37-50-48-31-17-19-33-52(48)56(54(50)39-46,42-24-10-3-11-25-42)43-26-12-4-13-27-43/h1-39H/i28D,29D. The van der Waals surface area contributed by atoms with E-state index in [2.05, 4.69) is 211 Å². The van der Waals surface area contributed by atoms with Crippen LogP contribution in [0.1, 0.15) is 47.2 Å². The fourth-order valence-corrected chi connectivity index (χ4v) is 10.0. The predicted molar refractivity (Wildman–Crippen MR) is 236 cm³/mol. The van der Waals surface area contributed by atoms with Crippen LogP contribution in [0.5, 0.6) is 0 Å². The van der Waals surface area contributed by atoms with Crippen LogP contribution in [-0.2, 0) is 10.8 Å². The van der Waals surface area contributed by atoms with Crippen molar-refractivity contribution in [2.45, 2.75) is 10.8 Å². The molecule has 268 valence electrons. The molecule has 0 amide bonds. The van der Waals surface area contributed by atoms with E-state index in [4.69, 9.17) is 0 Å². The van der Waals surface area contributed by atoms with Crippen molar-refractivity contribution < 1.29 is 2.74 Å². The van der Waals surface area contributed by atoms with Gasteiger partial charge in [-0.2, -0.15) is 0 Å². The molecule has 9 aromatic rings. The zero-order valence-corrected chi connectivity index (χ0v) is 31.3. The maximum Gasteiger partial charge on any atom is 0.0714 e. The van der Waals surface area contributed by atoms with Gasteiger partial charge in [0.2, 0.25) is 0 Å². The highest BCUT2D eigenvalue weighted by molar-refractivity contribution is 5.92. The molecule has 0 radical (unpaired) electrons. The summed E-state index contributed by atoms with van der Waals surface area (Å²) in [6.45, 7) is 0. The van der Waals surface area contributed by atoms with Gasteiger partial charge in [-0.15, -0.1) is 0 Å². The predicted octanol–water partition coefficient (Wildman–Crippen LogP) is 13.9. The van der Waals surface area contributed by atoms with Crippen molar-refractivity contribution in [3.63, 3.8) is 0 Å². The van der Waals surface area contributed by atoms with Crippen molar-refractivity contribution in [2.24, 2.45) is 0 Å². The lowest BCUT2D eigenvalue weighted by atomic mass is 9.67. The van der Waals surface area contributed by atoms with E-state index >= 15 is 0 Å². The molecule has 1 heteroatoms. The minimum atomic E-state index is -0.601. The third-order valence-corrected chi connectivity index (χ3v) is 12.3. The van der Waals surface area contributed by atoms with E-state index in [1.165, 1.54) is 66.8 Å². The smallest absolute Gasteiger partial charge is 0.0714 e. The van der Waals surface area contributed by atoms with Gasteiger partial charge < -0.3 is 4.90 Å². The first-order valence-electron chi connectivity index (χ1n) is 20.7. The lowest BCUT2D eigenvalue weighted by Crippen LogP contribution is -2.29. The monoisotopic (exact) mass is 727 g/mol. The second-order valence-corrected chi connectivity index (χ2v) is 15.0. The molecule has 0 aromatic heterocycles. The molecule has 0 fully saturated rings. The highest BCUT2D eigenvalue weighted by Gasteiger charge is 2.48. The van der Waals surface area contributed by atoms with E-state index in [-0.39, 0.29) is 0 Å². The lowest BCUT2D eigenvalue weighted by Gasteiger charge is -2.36. The summed E-state index contributed by atoms with van der Waals surface area (Å²) in [5, 5.41) is 0. The average Bonchev–Trinajstić information content (AvgIpc) is 3.77. The molecule has 2 aliphatic rings. The van der Waals surface area contributed by atoms with Gasteiger partial charge in [-0.3, -0.25) is 0 Å². The van der Waals surface area contributed by atoms with Crippen LogP contribution in [0.2, 0.25) is 0 Å². The van der Waals surface area contributed by atoms with Gasteiger partial charge in [-0.05, 0) is 103 Å². The van der Waals surface area contributed by atoms with Gasteiger partial charge in [0.1, 0.15) is 0 Å². The van der Waals surface area contributed by atoms with Gasteiger partial charge in [0.15, 0.2) is 0 Å². The minimum Gasteiger partial charge on any atom is -0.310 e. The topological polar surface area (TPSA) is 3.24 Å². The van der Waals surface area contributed by atoms with E-state index < -0.39 is 10.8 Å². The molecule has 0 spiro atoms. The summed E-state index contributed by atoms with van der Waals surface area (Å²) in [5.41, 5.74) is 15.5. The Bertz CT molecular complexity index is 2730. The van der Waals surface area contributed by atoms with E-state index in [0.29, 0.717) is 17.8 Å². The van der Waals surface area contributed by atoms with E-state index in [1.807, 2.05) is 0 Å². The summed E-state index contributed by atoms with van der Waals surface area (Å²) in [6.07, 6.45) is 0. The quantitative estimate of drug-likeness (QED) is 0.158. The number of anilines is 3. The zero-order chi connectivity index (χ0) is 39.6. The van der Waals surface area contributed by atoms with Crippen molar-refractivity contribution >= 4 is 17.1 Å². The number of para-hydroxylation sites is 1. The average molecular weight is 728 g/mol. The Morgan fingerprint density at radius 2 is 0.596 bits per heavy atom. The molecule has 0 bridgehead atoms. The molecular weight excluding hydrogens is 687 g/mol. The Labute approximate surface area is 337 Å². The van der Waals surface area contributed by atoms with Crippen LogP contribution in [0.4, 0.5) is 17.1 Å². The van der Waals surface area contributed by atoms with Gasteiger partial charge in [0.25, 0.3) is 0 Å². The van der Waals surface area contributed by atoms with E-state index in [9.17, 15) is 2.74 Å². The Morgan fingerprint density at radius 1 is 0.281 bits per heavy atom. The molecule has 9 aromatic carbocycles. The van der Waals surface area contributed by atoms with Crippen LogP contribution in [0.15, 0.2) is 237 Å². The van der Waals surface area contributed by atoms with Crippen LogP contribution >= 0.6 is 0 Å². The van der Waals surface area contributed by atoms with Crippen LogP contribution < -0.4 is 4.90 Å². The molecule has 2 aliphatic carbocycles. The van der Waals surface area contributed by atoms with Crippen LogP contribution in [0.25, 0.3) is 22.3 Å². The second kappa shape index (κ2) is 13.2. The molecule has 0 N–H and O–H groups in total. The molecule has 11 rings (SSSR count). The maximum absolute atomic E-state index is 9.39. The number of fused-ring (bicyclic) bond motifs is 6. The van der Waals surface area contributed by atoms with Crippen LogP contribution in [0, 0.1) is 0 Å². The first-order valence-corrected chi connectivity index (χ1v) is 19.7. The van der Waals surface area contributed by atoms with Crippen LogP contribution in [-0.4, -0.2) is 0 Å². The highest BCUT2D eigenvalue weighted by atomic mass is 15.1. The number of hydrogen-bond donors (Lipinski definition) is 0.